The first kappa shape index (κ1) is 14.1. The lowest BCUT2D eigenvalue weighted by molar-refractivity contribution is -0.122. The number of thioether (sulfide) groups is 1. The summed E-state index contributed by atoms with van der Waals surface area (Å²) in [5.74, 6) is 2.01. The second kappa shape index (κ2) is 5.85. The van der Waals surface area contributed by atoms with Crippen LogP contribution in [0.5, 0.6) is 11.5 Å². The van der Waals surface area contributed by atoms with Gasteiger partial charge in [-0.2, -0.15) is 0 Å². The highest BCUT2D eigenvalue weighted by Crippen LogP contribution is 2.34. The highest BCUT2D eigenvalue weighted by Gasteiger charge is 2.24. The first-order chi connectivity index (χ1) is 10.1. The van der Waals surface area contributed by atoms with Gasteiger partial charge in [0, 0.05) is 12.3 Å². The predicted octanol–water partition coefficient (Wildman–Crippen LogP) is 1.76. The number of carbonyl (C=O) groups excluding carboxylic acids is 2. The third-order valence-corrected chi connectivity index (χ3v) is 4.35. The number of ether oxygens (including phenoxy) is 2. The number of hydrogen-bond donors (Lipinski definition) is 1. The molecule has 1 aromatic rings. The van der Waals surface area contributed by atoms with E-state index in [-0.39, 0.29) is 30.5 Å². The molecule has 2 amide bonds. The number of benzene rings is 1. The molecule has 0 bridgehead atoms. The van der Waals surface area contributed by atoms with Crippen molar-refractivity contribution < 1.29 is 19.1 Å². The van der Waals surface area contributed by atoms with Crippen LogP contribution in [-0.2, 0) is 4.79 Å². The number of fused-ring (bicyclic) bond motifs is 1. The summed E-state index contributed by atoms with van der Waals surface area (Å²) >= 11 is 1.25. The van der Waals surface area contributed by atoms with Crippen LogP contribution in [0.1, 0.15) is 18.5 Å². The number of amides is 2. The smallest absolute Gasteiger partial charge is 0.282 e. The van der Waals surface area contributed by atoms with Crippen LogP contribution < -0.4 is 14.8 Å². The molecule has 1 saturated heterocycles. The highest BCUT2D eigenvalue weighted by atomic mass is 32.2. The number of hydrogen-bond acceptors (Lipinski definition) is 5. The monoisotopic (exact) mass is 308 g/mol. The molecule has 0 spiro atoms. The largest absolute Gasteiger partial charge is 0.454 e. The molecule has 0 radical (unpaired) electrons. The zero-order valence-corrected chi connectivity index (χ0v) is 12.4. The van der Waals surface area contributed by atoms with Crippen LogP contribution in [0.15, 0.2) is 18.2 Å². The van der Waals surface area contributed by atoms with E-state index in [1.165, 1.54) is 11.8 Å². The van der Waals surface area contributed by atoms with Crippen molar-refractivity contribution in [1.82, 2.24) is 10.2 Å². The molecule has 2 aliphatic heterocycles. The highest BCUT2D eigenvalue weighted by molar-refractivity contribution is 8.13. The van der Waals surface area contributed by atoms with E-state index in [1.807, 2.05) is 25.1 Å². The molecule has 0 saturated carbocycles. The molecule has 6 nitrogen and oxygen atoms in total. The molecule has 3 rings (SSSR count). The lowest BCUT2D eigenvalue weighted by Gasteiger charge is -2.18. The summed E-state index contributed by atoms with van der Waals surface area (Å²) in [7, 11) is 0. The average Bonchev–Trinajstić information content (AvgIpc) is 3.07. The molecule has 1 atom stereocenters. The van der Waals surface area contributed by atoms with Gasteiger partial charge in [-0.3, -0.25) is 9.59 Å². The molecular weight excluding hydrogens is 292 g/mol. The normalized spacial score (nSPS) is 18.0. The molecular formula is C14H16N2O4S. The van der Waals surface area contributed by atoms with Gasteiger partial charge >= 0.3 is 0 Å². The molecule has 1 N–H and O–H groups in total. The molecule has 7 heteroatoms. The van der Waals surface area contributed by atoms with Crippen molar-refractivity contribution in [2.75, 3.05) is 25.6 Å². The lowest BCUT2D eigenvalue weighted by atomic mass is 10.1. The Morgan fingerprint density at radius 1 is 1.43 bits per heavy atom. The second-order valence-corrected chi connectivity index (χ2v) is 5.98. The van der Waals surface area contributed by atoms with Gasteiger partial charge < -0.3 is 19.7 Å². The molecule has 2 heterocycles. The SMILES string of the molecule is CC(NC(=O)CN1CCSC1=O)c1ccc2c(c1)OCO2. The maximum Gasteiger partial charge on any atom is 0.282 e. The minimum atomic E-state index is -0.156. The van der Waals surface area contributed by atoms with Crippen LogP contribution in [0.4, 0.5) is 4.79 Å². The quantitative estimate of drug-likeness (QED) is 0.918. The molecule has 112 valence electrons. The van der Waals surface area contributed by atoms with Crippen molar-refractivity contribution in [1.29, 1.82) is 0 Å². The Hall–Kier alpha value is -1.89. The zero-order valence-electron chi connectivity index (χ0n) is 11.6. The first-order valence-corrected chi connectivity index (χ1v) is 7.72. The van der Waals surface area contributed by atoms with Crippen LogP contribution in [0.25, 0.3) is 0 Å². The third kappa shape index (κ3) is 3.07. The van der Waals surface area contributed by atoms with Gasteiger partial charge in [-0.1, -0.05) is 17.8 Å². The van der Waals surface area contributed by atoms with Crippen molar-refractivity contribution in [3.63, 3.8) is 0 Å². The van der Waals surface area contributed by atoms with Crippen molar-refractivity contribution in [2.24, 2.45) is 0 Å². The Bertz CT molecular complexity index is 578. The number of carbonyl (C=O) groups is 2. The lowest BCUT2D eigenvalue weighted by Crippen LogP contribution is -2.38. The summed E-state index contributed by atoms with van der Waals surface area (Å²) < 4.78 is 10.6. The Morgan fingerprint density at radius 3 is 3.00 bits per heavy atom. The van der Waals surface area contributed by atoms with Crippen molar-refractivity contribution >= 4 is 22.9 Å². The van der Waals surface area contributed by atoms with E-state index < -0.39 is 0 Å². The van der Waals surface area contributed by atoms with Gasteiger partial charge in [-0.25, -0.2) is 0 Å². The topological polar surface area (TPSA) is 67.9 Å². The van der Waals surface area contributed by atoms with E-state index in [0.29, 0.717) is 12.3 Å². The third-order valence-electron chi connectivity index (χ3n) is 3.45. The van der Waals surface area contributed by atoms with Gasteiger partial charge in [0.15, 0.2) is 11.5 Å². The van der Waals surface area contributed by atoms with Gasteiger partial charge in [-0.05, 0) is 24.6 Å². The van der Waals surface area contributed by atoms with E-state index >= 15 is 0 Å². The number of rotatable bonds is 4. The van der Waals surface area contributed by atoms with E-state index in [2.05, 4.69) is 5.32 Å². The van der Waals surface area contributed by atoms with Crippen LogP contribution in [-0.4, -0.2) is 41.7 Å². The van der Waals surface area contributed by atoms with Gasteiger partial charge in [0.25, 0.3) is 5.24 Å². The summed E-state index contributed by atoms with van der Waals surface area (Å²) in [4.78, 5) is 25.0. The van der Waals surface area contributed by atoms with Crippen LogP contribution in [0.3, 0.4) is 0 Å². The van der Waals surface area contributed by atoms with Crippen LogP contribution in [0, 0.1) is 0 Å². The summed E-state index contributed by atoms with van der Waals surface area (Å²) in [6, 6.07) is 5.44. The maximum absolute atomic E-state index is 12.0. The van der Waals surface area contributed by atoms with Crippen molar-refractivity contribution in [2.45, 2.75) is 13.0 Å². The van der Waals surface area contributed by atoms with Crippen molar-refractivity contribution in [3.05, 3.63) is 23.8 Å². The van der Waals surface area contributed by atoms with E-state index in [0.717, 1.165) is 17.1 Å². The number of nitrogens with zero attached hydrogens (tertiary/aromatic N) is 1. The maximum atomic E-state index is 12.0. The van der Waals surface area contributed by atoms with Crippen LogP contribution in [0.2, 0.25) is 0 Å². The summed E-state index contributed by atoms with van der Waals surface area (Å²) in [6.45, 7) is 2.88. The summed E-state index contributed by atoms with van der Waals surface area (Å²) in [5.41, 5.74) is 0.940. The minimum absolute atomic E-state index is 0.0270. The fraction of sp³-hybridized carbons (Fsp3) is 0.429. The fourth-order valence-corrected chi connectivity index (χ4v) is 3.12. The average molecular weight is 308 g/mol. The zero-order chi connectivity index (χ0) is 14.8. The van der Waals surface area contributed by atoms with E-state index in [4.69, 9.17) is 9.47 Å². The second-order valence-electron chi connectivity index (χ2n) is 4.94. The van der Waals surface area contributed by atoms with Gasteiger partial charge in [-0.15, -0.1) is 0 Å². The van der Waals surface area contributed by atoms with Gasteiger partial charge in [0.05, 0.1) is 6.04 Å². The standard InChI is InChI=1S/C14H16N2O4S/c1-9(10-2-3-11-12(6-10)20-8-19-11)15-13(17)7-16-4-5-21-14(16)18/h2-3,6,9H,4-5,7-8H2,1H3,(H,15,17). The van der Waals surface area contributed by atoms with E-state index in [9.17, 15) is 9.59 Å². The first-order valence-electron chi connectivity index (χ1n) is 6.74. The molecule has 1 fully saturated rings. The van der Waals surface area contributed by atoms with Crippen molar-refractivity contribution in [3.8, 4) is 11.5 Å². The summed E-state index contributed by atoms with van der Waals surface area (Å²) in [5, 5.41) is 2.87. The van der Waals surface area contributed by atoms with Gasteiger partial charge in [0.1, 0.15) is 6.54 Å². The molecule has 0 aromatic heterocycles. The van der Waals surface area contributed by atoms with Gasteiger partial charge in [0.2, 0.25) is 12.7 Å². The Kier molecular flexibility index (Phi) is 3.92. The molecule has 0 aliphatic carbocycles. The Labute approximate surface area is 126 Å². The van der Waals surface area contributed by atoms with Crippen LogP contribution >= 0.6 is 11.8 Å². The predicted molar refractivity (Wildman–Crippen MR) is 78.5 cm³/mol. The fourth-order valence-electron chi connectivity index (χ4n) is 2.30. The Morgan fingerprint density at radius 2 is 2.24 bits per heavy atom. The van der Waals surface area contributed by atoms with E-state index in [1.54, 1.807) is 4.90 Å². The molecule has 1 aromatic carbocycles. The minimum Gasteiger partial charge on any atom is -0.454 e. The summed E-state index contributed by atoms with van der Waals surface area (Å²) in [6.07, 6.45) is 0. The molecule has 2 aliphatic rings. The number of nitrogens with one attached hydrogen (secondary N) is 1. The molecule has 21 heavy (non-hydrogen) atoms. The Balaban J connectivity index is 1.59. The molecule has 1 unspecified atom stereocenters.